The van der Waals surface area contributed by atoms with Crippen LogP contribution in [0.4, 0.5) is 5.69 Å². The van der Waals surface area contributed by atoms with E-state index in [0.717, 1.165) is 17.1 Å². The average molecular weight is 241 g/mol. The van der Waals surface area contributed by atoms with Crippen molar-refractivity contribution in [2.75, 3.05) is 11.1 Å². The molecular formula is C11H19N3OS. The van der Waals surface area contributed by atoms with Gasteiger partial charge in [-0.15, -0.1) is 11.8 Å². The zero-order chi connectivity index (χ0) is 12.3. The molecule has 16 heavy (non-hydrogen) atoms. The van der Waals surface area contributed by atoms with E-state index in [-0.39, 0.29) is 10.7 Å². The number of aryl methyl sites for hydroxylation is 2. The van der Waals surface area contributed by atoms with Gasteiger partial charge in [0.25, 0.3) is 0 Å². The van der Waals surface area contributed by atoms with E-state index in [1.165, 1.54) is 0 Å². The molecule has 4 nitrogen and oxygen atoms in total. The Morgan fingerprint density at radius 3 is 2.50 bits per heavy atom. The quantitative estimate of drug-likeness (QED) is 0.855. The highest BCUT2D eigenvalue weighted by Crippen LogP contribution is 2.23. The van der Waals surface area contributed by atoms with Gasteiger partial charge in [-0.3, -0.25) is 9.89 Å². The van der Waals surface area contributed by atoms with Crippen LogP contribution in [0.25, 0.3) is 0 Å². The van der Waals surface area contributed by atoms with Gasteiger partial charge in [0, 0.05) is 4.75 Å². The molecule has 2 N–H and O–H groups in total. The number of H-pyrrole nitrogens is 1. The molecule has 90 valence electrons. The molecule has 5 heteroatoms. The monoisotopic (exact) mass is 241 g/mol. The van der Waals surface area contributed by atoms with Crippen LogP contribution >= 0.6 is 11.8 Å². The Hall–Kier alpha value is -0.970. The standard InChI is InChI=1S/C11H19N3OS/c1-7-10(8(2)14-13-7)12-9(15)6-16-11(3,4)5/h6H2,1-5H3,(H,12,15)(H,13,14). The first-order valence-electron chi connectivity index (χ1n) is 5.25. The fourth-order valence-corrected chi connectivity index (χ4v) is 1.83. The highest BCUT2D eigenvalue weighted by atomic mass is 32.2. The van der Waals surface area contributed by atoms with E-state index in [9.17, 15) is 4.79 Å². The summed E-state index contributed by atoms with van der Waals surface area (Å²) in [7, 11) is 0. The summed E-state index contributed by atoms with van der Waals surface area (Å²) in [5.74, 6) is 0.487. The Labute approximate surface area is 101 Å². The van der Waals surface area contributed by atoms with Gasteiger partial charge in [0.15, 0.2) is 0 Å². The molecule has 0 aliphatic rings. The number of nitrogens with one attached hydrogen (secondary N) is 2. The van der Waals surface area contributed by atoms with E-state index in [0.29, 0.717) is 5.75 Å². The summed E-state index contributed by atoms with van der Waals surface area (Å²) in [6.07, 6.45) is 0. The summed E-state index contributed by atoms with van der Waals surface area (Å²) in [6.45, 7) is 10.1. The van der Waals surface area contributed by atoms with Crippen molar-refractivity contribution in [2.24, 2.45) is 0 Å². The summed E-state index contributed by atoms with van der Waals surface area (Å²) in [6, 6.07) is 0. The number of aromatic amines is 1. The lowest BCUT2D eigenvalue weighted by Crippen LogP contribution is -2.19. The second-order valence-electron chi connectivity index (χ2n) is 4.76. The van der Waals surface area contributed by atoms with E-state index < -0.39 is 0 Å². The highest BCUT2D eigenvalue weighted by molar-refractivity contribution is 8.01. The summed E-state index contributed by atoms with van der Waals surface area (Å²) >= 11 is 1.63. The van der Waals surface area contributed by atoms with Crippen LogP contribution in [0.1, 0.15) is 32.2 Å². The first-order valence-corrected chi connectivity index (χ1v) is 6.23. The number of thioether (sulfide) groups is 1. The summed E-state index contributed by atoms with van der Waals surface area (Å²) in [5.41, 5.74) is 2.53. The molecule has 1 heterocycles. The van der Waals surface area contributed by atoms with Gasteiger partial charge in [-0.1, -0.05) is 20.8 Å². The number of amides is 1. The molecule has 0 radical (unpaired) electrons. The third kappa shape index (κ3) is 3.89. The fourth-order valence-electron chi connectivity index (χ4n) is 1.19. The minimum atomic E-state index is 0.0209. The number of rotatable bonds is 3. The normalized spacial score (nSPS) is 11.6. The molecule has 0 fully saturated rings. The van der Waals surface area contributed by atoms with Crippen LogP contribution in [-0.4, -0.2) is 26.6 Å². The van der Waals surface area contributed by atoms with E-state index in [1.54, 1.807) is 11.8 Å². The first-order chi connectivity index (χ1) is 7.29. The number of anilines is 1. The molecule has 0 saturated heterocycles. The third-order valence-electron chi connectivity index (χ3n) is 2.03. The Balaban J connectivity index is 2.53. The van der Waals surface area contributed by atoms with Gasteiger partial charge in [0.05, 0.1) is 22.8 Å². The molecule has 0 spiro atoms. The largest absolute Gasteiger partial charge is 0.322 e. The molecule has 0 unspecified atom stereocenters. The number of hydrogen-bond donors (Lipinski definition) is 2. The SMILES string of the molecule is Cc1n[nH]c(C)c1NC(=O)CSC(C)(C)C. The van der Waals surface area contributed by atoms with Crippen LogP contribution in [-0.2, 0) is 4.79 Å². The number of aromatic nitrogens is 2. The zero-order valence-electron chi connectivity index (χ0n) is 10.5. The van der Waals surface area contributed by atoms with Crippen molar-refractivity contribution in [3.8, 4) is 0 Å². The molecule has 0 saturated carbocycles. The smallest absolute Gasteiger partial charge is 0.234 e. The Bertz CT molecular complexity index is 360. The van der Waals surface area contributed by atoms with Crippen molar-refractivity contribution in [2.45, 2.75) is 39.4 Å². The number of carbonyl (C=O) groups is 1. The molecule has 0 bridgehead atoms. The van der Waals surface area contributed by atoms with Crippen molar-refractivity contribution in [3.63, 3.8) is 0 Å². The molecule has 1 aromatic rings. The van der Waals surface area contributed by atoms with Crippen LogP contribution in [0.2, 0.25) is 0 Å². The van der Waals surface area contributed by atoms with Crippen LogP contribution in [0, 0.1) is 13.8 Å². The Morgan fingerprint density at radius 1 is 1.44 bits per heavy atom. The van der Waals surface area contributed by atoms with Crippen molar-refractivity contribution in [1.82, 2.24) is 10.2 Å². The lowest BCUT2D eigenvalue weighted by molar-refractivity contribution is -0.113. The average Bonchev–Trinajstić information content (AvgIpc) is 2.45. The van der Waals surface area contributed by atoms with E-state index in [2.05, 4.69) is 36.3 Å². The zero-order valence-corrected chi connectivity index (χ0v) is 11.3. The van der Waals surface area contributed by atoms with Gasteiger partial charge in [-0.2, -0.15) is 5.10 Å². The minimum Gasteiger partial charge on any atom is -0.322 e. The second kappa shape index (κ2) is 4.91. The molecule has 1 rings (SSSR count). The van der Waals surface area contributed by atoms with Crippen LogP contribution in [0.3, 0.4) is 0 Å². The van der Waals surface area contributed by atoms with Crippen LogP contribution < -0.4 is 5.32 Å². The number of nitrogens with zero attached hydrogens (tertiary/aromatic N) is 1. The van der Waals surface area contributed by atoms with Crippen molar-refractivity contribution >= 4 is 23.4 Å². The topological polar surface area (TPSA) is 57.8 Å². The molecule has 0 aliphatic carbocycles. The Morgan fingerprint density at radius 2 is 2.06 bits per heavy atom. The third-order valence-corrected chi connectivity index (χ3v) is 3.30. The number of hydrogen-bond acceptors (Lipinski definition) is 3. The molecule has 1 aromatic heterocycles. The van der Waals surface area contributed by atoms with Crippen LogP contribution in [0.15, 0.2) is 0 Å². The summed E-state index contributed by atoms with van der Waals surface area (Å²) in [4.78, 5) is 11.7. The lowest BCUT2D eigenvalue weighted by atomic mass is 10.3. The molecule has 1 amide bonds. The molecule has 0 aromatic carbocycles. The summed E-state index contributed by atoms with van der Waals surface area (Å²) < 4.78 is 0.109. The van der Waals surface area contributed by atoms with E-state index in [4.69, 9.17) is 0 Å². The van der Waals surface area contributed by atoms with Crippen LogP contribution in [0.5, 0.6) is 0 Å². The molecular weight excluding hydrogens is 222 g/mol. The van der Waals surface area contributed by atoms with Crippen molar-refractivity contribution in [3.05, 3.63) is 11.4 Å². The maximum absolute atomic E-state index is 11.7. The highest BCUT2D eigenvalue weighted by Gasteiger charge is 2.15. The van der Waals surface area contributed by atoms with E-state index >= 15 is 0 Å². The van der Waals surface area contributed by atoms with Crippen molar-refractivity contribution in [1.29, 1.82) is 0 Å². The lowest BCUT2D eigenvalue weighted by Gasteiger charge is -2.16. The first kappa shape index (κ1) is 13.1. The predicted octanol–water partition coefficient (Wildman–Crippen LogP) is 2.50. The van der Waals surface area contributed by atoms with Gasteiger partial charge in [-0.05, 0) is 13.8 Å². The van der Waals surface area contributed by atoms with Crippen molar-refractivity contribution < 1.29 is 4.79 Å². The van der Waals surface area contributed by atoms with E-state index in [1.807, 2.05) is 13.8 Å². The van der Waals surface area contributed by atoms with Gasteiger partial charge < -0.3 is 5.32 Å². The molecule has 0 atom stereocenters. The molecule has 0 aliphatic heterocycles. The number of carbonyl (C=O) groups excluding carboxylic acids is 1. The fraction of sp³-hybridized carbons (Fsp3) is 0.636. The predicted molar refractivity (Wildman–Crippen MR) is 68.9 cm³/mol. The van der Waals surface area contributed by atoms with Gasteiger partial charge in [-0.25, -0.2) is 0 Å². The maximum atomic E-state index is 11.7. The van der Waals surface area contributed by atoms with Gasteiger partial charge >= 0.3 is 0 Å². The maximum Gasteiger partial charge on any atom is 0.234 e. The second-order valence-corrected chi connectivity index (χ2v) is 6.56. The minimum absolute atomic E-state index is 0.0209. The Kier molecular flexibility index (Phi) is 4.02. The van der Waals surface area contributed by atoms with Gasteiger partial charge in [0.1, 0.15) is 0 Å². The summed E-state index contributed by atoms with van der Waals surface area (Å²) in [5, 5.41) is 9.75. The van der Waals surface area contributed by atoms with Gasteiger partial charge in [0.2, 0.25) is 5.91 Å².